The second kappa shape index (κ2) is 7.97. The van der Waals surface area contributed by atoms with Crippen molar-refractivity contribution >= 4 is 21.5 Å². The fourth-order valence-electron chi connectivity index (χ4n) is 3.93. The molecule has 0 saturated carbocycles. The summed E-state index contributed by atoms with van der Waals surface area (Å²) in [6, 6.07) is 10.9. The van der Waals surface area contributed by atoms with E-state index in [1.807, 2.05) is 24.3 Å². The van der Waals surface area contributed by atoms with Crippen LogP contribution in [0.25, 0.3) is 0 Å². The van der Waals surface area contributed by atoms with E-state index in [1.165, 1.54) is 0 Å². The summed E-state index contributed by atoms with van der Waals surface area (Å²) in [6.07, 6.45) is 4.57. The van der Waals surface area contributed by atoms with Gasteiger partial charge in [-0.3, -0.25) is 4.90 Å². The number of hydrogen-bond donors (Lipinski definition) is 1. The first-order valence-electron chi connectivity index (χ1n) is 9.85. The summed E-state index contributed by atoms with van der Waals surface area (Å²) < 4.78 is 27.1. The molecule has 2 N–H and O–H groups in total. The van der Waals surface area contributed by atoms with Crippen LogP contribution in [0, 0.1) is 0 Å². The van der Waals surface area contributed by atoms with E-state index in [2.05, 4.69) is 14.8 Å². The maximum absolute atomic E-state index is 12.8. The van der Waals surface area contributed by atoms with Crippen LogP contribution in [0.2, 0.25) is 0 Å². The Labute approximate surface area is 166 Å². The van der Waals surface area contributed by atoms with Gasteiger partial charge < -0.3 is 10.0 Å². The highest BCUT2D eigenvalue weighted by molar-refractivity contribution is 7.89. The second-order valence-electron chi connectivity index (χ2n) is 7.34. The molecule has 3 heterocycles. The number of rotatable bonds is 4. The predicted molar refractivity (Wildman–Crippen MR) is 108 cm³/mol. The number of nitrogens with one attached hydrogen (secondary N) is 1. The van der Waals surface area contributed by atoms with Gasteiger partial charge >= 0.3 is 0 Å². The molecule has 0 unspecified atom stereocenters. The van der Waals surface area contributed by atoms with Gasteiger partial charge in [0.25, 0.3) is 5.82 Å². The minimum Gasteiger partial charge on any atom is -0.506 e. The third-order valence-corrected chi connectivity index (χ3v) is 7.46. The van der Waals surface area contributed by atoms with E-state index in [0.717, 1.165) is 56.9 Å². The monoisotopic (exact) mass is 403 g/mol. The fraction of sp³-hybridized carbons (Fsp3) is 0.450. The third-order valence-electron chi connectivity index (χ3n) is 5.56. The summed E-state index contributed by atoms with van der Waals surface area (Å²) in [5.41, 5.74) is 0.856. The molecule has 0 radical (unpaired) electrons. The normalized spacial score (nSPS) is 19.0. The summed E-state index contributed by atoms with van der Waals surface area (Å²) in [6.45, 7) is 4.39. The van der Waals surface area contributed by atoms with Crippen LogP contribution >= 0.6 is 0 Å². The summed E-state index contributed by atoms with van der Waals surface area (Å²) in [7, 11) is -3.41. The summed E-state index contributed by atoms with van der Waals surface area (Å²) in [4.78, 5) is 7.86. The maximum atomic E-state index is 12.8. The number of H-pyrrole nitrogens is 1. The van der Waals surface area contributed by atoms with Crippen LogP contribution in [0.1, 0.15) is 19.3 Å². The molecular weight excluding hydrogens is 376 g/mol. The van der Waals surface area contributed by atoms with Crippen LogP contribution in [-0.2, 0) is 10.0 Å². The quantitative estimate of drug-likeness (QED) is 0.841. The molecule has 0 atom stereocenters. The average molecular weight is 404 g/mol. The Morgan fingerprint density at radius 2 is 1.50 bits per heavy atom. The number of piperidine rings is 1. The number of aromatic amines is 1. The number of para-hydroxylation sites is 2. The first kappa shape index (κ1) is 19.0. The van der Waals surface area contributed by atoms with Crippen molar-refractivity contribution < 1.29 is 18.5 Å². The molecule has 150 valence electrons. The lowest BCUT2D eigenvalue weighted by atomic mass is 10.2. The molecule has 7 nitrogen and oxygen atoms in total. The van der Waals surface area contributed by atoms with Crippen LogP contribution in [-0.4, -0.2) is 57.1 Å². The van der Waals surface area contributed by atoms with Crippen molar-refractivity contribution in [3.63, 3.8) is 0 Å². The molecule has 2 aliphatic heterocycles. The van der Waals surface area contributed by atoms with Gasteiger partial charge in [-0.15, -0.1) is 0 Å². The van der Waals surface area contributed by atoms with E-state index < -0.39 is 10.0 Å². The van der Waals surface area contributed by atoms with Gasteiger partial charge in [0.2, 0.25) is 10.0 Å². The molecule has 8 heteroatoms. The zero-order valence-electron chi connectivity index (χ0n) is 15.9. The van der Waals surface area contributed by atoms with E-state index in [-0.39, 0.29) is 0 Å². The molecule has 4 rings (SSSR count). The first-order chi connectivity index (χ1) is 13.6. The molecule has 28 heavy (non-hydrogen) atoms. The minimum absolute atomic E-state index is 0.301. The Morgan fingerprint density at radius 3 is 2.14 bits per heavy atom. The third kappa shape index (κ3) is 3.79. The molecule has 0 aliphatic carbocycles. The van der Waals surface area contributed by atoms with Gasteiger partial charge in [0, 0.05) is 19.2 Å². The predicted octanol–water partition coefficient (Wildman–Crippen LogP) is 1.71. The van der Waals surface area contributed by atoms with Gasteiger partial charge in [-0.25, -0.2) is 13.4 Å². The van der Waals surface area contributed by atoms with Crippen molar-refractivity contribution in [2.45, 2.75) is 24.2 Å². The molecule has 1 aromatic carbocycles. The average Bonchev–Trinajstić information content (AvgIpc) is 2.75. The molecule has 2 saturated heterocycles. The van der Waals surface area contributed by atoms with Crippen LogP contribution < -0.4 is 14.8 Å². The molecule has 0 spiro atoms. The number of nitrogens with zero attached hydrogens (tertiary/aromatic N) is 3. The van der Waals surface area contributed by atoms with E-state index >= 15 is 0 Å². The highest BCUT2D eigenvalue weighted by Crippen LogP contribution is 2.28. The SMILES string of the molecule is O=S(=O)(c1ccc(N2CCN(c3ccccc3O)CC2)[nH+]c1)N1CCCCC1. The number of phenols is 1. The highest BCUT2D eigenvalue weighted by atomic mass is 32.2. The Morgan fingerprint density at radius 1 is 0.821 bits per heavy atom. The van der Waals surface area contributed by atoms with Crippen molar-refractivity contribution in [2.24, 2.45) is 0 Å². The molecule has 2 fully saturated rings. The Balaban J connectivity index is 1.42. The van der Waals surface area contributed by atoms with Crippen molar-refractivity contribution in [3.05, 3.63) is 42.6 Å². The molecule has 2 aliphatic rings. The summed E-state index contributed by atoms with van der Waals surface area (Å²) in [5.74, 6) is 1.21. The van der Waals surface area contributed by atoms with Crippen LogP contribution in [0.5, 0.6) is 5.75 Å². The summed E-state index contributed by atoms with van der Waals surface area (Å²) in [5, 5.41) is 10.0. The lowest BCUT2D eigenvalue weighted by Gasteiger charge is -2.32. The van der Waals surface area contributed by atoms with E-state index in [1.54, 1.807) is 22.6 Å². The van der Waals surface area contributed by atoms with E-state index in [0.29, 0.717) is 23.7 Å². The number of aromatic nitrogens is 1. The summed E-state index contributed by atoms with van der Waals surface area (Å²) >= 11 is 0. The zero-order chi connectivity index (χ0) is 19.6. The van der Waals surface area contributed by atoms with Crippen LogP contribution in [0.4, 0.5) is 11.5 Å². The number of benzene rings is 1. The van der Waals surface area contributed by atoms with Gasteiger partial charge in [-0.1, -0.05) is 18.6 Å². The molecule has 1 aromatic heterocycles. The standard InChI is InChI=1S/C20H26N4O3S/c25-19-7-3-2-6-18(19)22-12-14-23(15-13-22)20-9-8-17(16-21-20)28(26,27)24-10-4-1-5-11-24/h2-3,6-9,16,25H,1,4-5,10-15H2/p+1. The number of anilines is 2. The number of piperazine rings is 1. The maximum Gasteiger partial charge on any atom is 0.274 e. The van der Waals surface area contributed by atoms with Crippen molar-refractivity contribution in [2.75, 3.05) is 49.1 Å². The number of aromatic hydroxyl groups is 1. The highest BCUT2D eigenvalue weighted by Gasteiger charge is 2.29. The molecule has 2 aromatic rings. The number of phenolic OH excluding ortho intramolecular Hbond substituents is 1. The topological polar surface area (TPSA) is 78.2 Å². The van der Waals surface area contributed by atoms with Gasteiger partial charge in [-0.2, -0.15) is 4.31 Å². The van der Waals surface area contributed by atoms with Crippen LogP contribution in [0.3, 0.4) is 0 Å². The molecule has 0 amide bonds. The Hall–Kier alpha value is -2.32. The number of sulfonamides is 1. The molecular formula is C20H27N4O3S+. The van der Waals surface area contributed by atoms with Crippen LogP contribution in [0.15, 0.2) is 47.5 Å². The van der Waals surface area contributed by atoms with Gasteiger partial charge in [-0.05, 0) is 31.0 Å². The Bertz CT molecular complexity index is 903. The molecule has 0 bridgehead atoms. The van der Waals surface area contributed by atoms with Crippen molar-refractivity contribution in [1.29, 1.82) is 0 Å². The lowest BCUT2D eigenvalue weighted by Crippen LogP contribution is -2.48. The smallest absolute Gasteiger partial charge is 0.274 e. The Kier molecular flexibility index (Phi) is 5.41. The van der Waals surface area contributed by atoms with Gasteiger partial charge in [0.05, 0.1) is 18.8 Å². The van der Waals surface area contributed by atoms with Gasteiger partial charge in [0.15, 0.2) is 0 Å². The van der Waals surface area contributed by atoms with Gasteiger partial charge in [0.1, 0.15) is 29.9 Å². The second-order valence-corrected chi connectivity index (χ2v) is 9.28. The van der Waals surface area contributed by atoms with E-state index in [4.69, 9.17) is 0 Å². The van der Waals surface area contributed by atoms with E-state index in [9.17, 15) is 13.5 Å². The first-order valence-corrected chi connectivity index (χ1v) is 11.3. The number of pyridine rings is 1. The van der Waals surface area contributed by atoms with Crippen molar-refractivity contribution in [1.82, 2.24) is 4.31 Å². The fourth-order valence-corrected chi connectivity index (χ4v) is 5.42. The largest absolute Gasteiger partial charge is 0.506 e. The minimum atomic E-state index is -3.41. The zero-order valence-corrected chi connectivity index (χ0v) is 16.7. The number of hydrogen-bond acceptors (Lipinski definition) is 5. The van der Waals surface area contributed by atoms with Crippen molar-refractivity contribution in [3.8, 4) is 5.75 Å². The lowest BCUT2D eigenvalue weighted by molar-refractivity contribution is -0.367.